The number of carbonyl (C=O) groups excluding carboxylic acids is 1. The minimum atomic E-state index is -4.52. The molecule has 0 unspecified atom stereocenters. The van der Waals surface area contributed by atoms with Crippen LogP contribution in [0.15, 0.2) is 17.1 Å². The lowest BCUT2D eigenvalue weighted by Gasteiger charge is -2.13. The zero-order valence-electron chi connectivity index (χ0n) is 9.80. The summed E-state index contributed by atoms with van der Waals surface area (Å²) in [6.45, 7) is 2.84. The number of amides is 1. The van der Waals surface area contributed by atoms with E-state index >= 15 is 0 Å². The summed E-state index contributed by atoms with van der Waals surface area (Å²) in [7, 11) is 0. The van der Waals surface area contributed by atoms with Gasteiger partial charge >= 0.3 is 6.18 Å². The Morgan fingerprint density at radius 2 is 1.72 bits per heavy atom. The summed E-state index contributed by atoms with van der Waals surface area (Å²) in [5.74, 6) is -1.38. The fourth-order valence-electron chi connectivity index (χ4n) is 1.57. The smallest absolute Gasteiger partial charge is 0.370 e. The van der Waals surface area contributed by atoms with E-state index in [-0.39, 0.29) is 11.1 Å². The highest BCUT2D eigenvalue weighted by molar-refractivity contribution is 6.03. The number of guanidine groups is 1. The highest BCUT2D eigenvalue weighted by Gasteiger charge is 2.33. The Morgan fingerprint density at radius 1 is 1.17 bits per heavy atom. The molecule has 0 saturated heterocycles. The number of carbonyl (C=O) groups is 1. The fraction of sp³-hybridized carbons (Fsp3) is 0.273. The number of rotatable bonds is 1. The second-order valence-electron chi connectivity index (χ2n) is 3.82. The van der Waals surface area contributed by atoms with Gasteiger partial charge in [0.15, 0.2) is 5.96 Å². The maximum Gasteiger partial charge on any atom is 0.416 e. The largest absolute Gasteiger partial charge is 0.416 e. The van der Waals surface area contributed by atoms with E-state index in [1.807, 2.05) is 0 Å². The molecule has 0 fully saturated rings. The van der Waals surface area contributed by atoms with E-state index in [2.05, 4.69) is 4.99 Å². The number of benzene rings is 1. The number of hydrogen-bond acceptors (Lipinski definition) is 1. The average molecular weight is 259 g/mol. The van der Waals surface area contributed by atoms with Gasteiger partial charge in [-0.2, -0.15) is 18.2 Å². The van der Waals surface area contributed by atoms with Gasteiger partial charge in [-0.25, -0.2) is 0 Å². The molecule has 0 aliphatic heterocycles. The molecule has 4 N–H and O–H groups in total. The Hall–Kier alpha value is -2.05. The molecule has 0 bridgehead atoms. The van der Waals surface area contributed by atoms with E-state index in [1.54, 1.807) is 0 Å². The predicted octanol–water partition coefficient (Wildman–Crippen LogP) is 1.74. The zero-order chi connectivity index (χ0) is 14.1. The van der Waals surface area contributed by atoms with Crippen molar-refractivity contribution < 1.29 is 18.0 Å². The van der Waals surface area contributed by atoms with Crippen molar-refractivity contribution in [1.29, 1.82) is 0 Å². The molecule has 1 aromatic carbocycles. The van der Waals surface area contributed by atoms with Crippen LogP contribution in [0.3, 0.4) is 0 Å². The Balaban J connectivity index is 3.39. The maximum absolute atomic E-state index is 12.7. The highest BCUT2D eigenvalue weighted by atomic mass is 19.4. The summed E-state index contributed by atoms with van der Waals surface area (Å²) in [5, 5.41) is 0. The first kappa shape index (κ1) is 14.0. The third kappa shape index (κ3) is 2.99. The molecule has 7 heteroatoms. The van der Waals surface area contributed by atoms with Crippen molar-refractivity contribution in [3.8, 4) is 0 Å². The molecule has 98 valence electrons. The molecule has 1 aromatic rings. The number of aliphatic imine (C=N–C) groups is 1. The second-order valence-corrected chi connectivity index (χ2v) is 3.82. The van der Waals surface area contributed by atoms with Crippen molar-refractivity contribution >= 4 is 11.9 Å². The molecule has 0 radical (unpaired) electrons. The van der Waals surface area contributed by atoms with Gasteiger partial charge in [0.1, 0.15) is 0 Å². The van der Waals surface area contributed by atoms with Crippen molar-refractivity contribution in [2.24, 2.45) is 16.5 Å². The van der Waals surface area contributed by atoms with Crippen molar-refractivity contribution in [3.63, 3.8) is 0 Å². The first-order valence-corrected chi connectivity index (χ1v) is 4.95. The Morgan fingerprint density at radius 3 is 2.17 bits per heavy atom. The van der Waals surface area contributed by atoms with Gasteiger partial charge in [0, 0.05) is 5.56 Å². The number of nitrogens with zero attached hydrogens (tertiary/aromatic N) is 1. The SMILES string of the molecule is Cc1cc(C)c(C(F)(F)F)cc1C(=O)N=C(N)N. The van der Waals surface area contributed by atoms with Gasteiger partial charge in [-0.05, 0) is 31.0 Å². The van der Waals surface area contributed by atoms with E-state index < -0.39 is 23.6 Å². The Labute approximate surface area is 101 Å². The zero-order valence-corrected chi connectivity index (χ0v) is 9.80. The van der Waals surface area contributed by atoms with Crippen LogP contribution in [0, 0.1) is 13.8 Å². The molecule has 18 heavy (non-hydrogen) atoms. The lowest BCUT2D eigenvalue weighted by atomic mass is 9.99. The van der Waals surface area contributed by atoms with Gasteiger partial charge in [-0.15, -0.1) is 0 Å². The summed E-state index contributed by atoms with van der Waals surface area (Å²) in [6, 6.07) is 2.04. The van der Waals surface area contributed by atoms with Crippen LogP contribution in [-0.4, -0.2) is 11.9 Å². The molecule has 0 heterocycles. The normalized spacial score (nSPS) is 11.2. The van der Waals surface area contributed by atoms with E-state index in [4.69, 9.17) is 11.5 Å². The number of alkyl halides is 3. The molecule has 0 atom stereocenters. The third-order valence-corrected chi connectivity index (χ3v) is 2.34. The van der Waals surface area contributed by atoms with Crippen LogP contribution in [0.4, 0.5) is 13.2 Å². The van der Waals surface area contributed by atoms with E-state index in [9.17, 15) is 18.0 Å². The van der Waals surface area contributed by atoms with Gasteiger partial charge in [0.2, 0.25) is 0 Å². The number of hydrogen-bond donors (Lipinski definition) is 2. The first-order valence-electron chi connectivity index (χ1n) is 4.95. The summed E-state index contributed by atoms with van der Waals surface area (Å²) >= 11 is 0. The van der Waals surface area contributed by atoms with Crippen molar-refractivity contribution in [2.45, 2.75) is 20.0 Å². The van der Waals surface area contributed by atoms with Gasteiger partial charge in [-0.1, -0.05) is 6.07 Å². The quantitative estimate of drug-likeness (QED) is 0.595. The summed E-state index contributed by atoms with van der Waals surface area (Å²) in [6.07, 6.45) is -4.52. The minimum absolute atomic E-state index is 0.0428. The van der Waals surface area contributed by atoms with Gasteiger partial charge < -0.3 is 11.5 Å². The monoisotopic (exact) mass is 259 g/mol. The van der Waals surface area contributed by atoms with Crippen molar-refractivity contribution in [2.75, 3.05) is 0 Å². The van der Waals surface area contributed by atoms with E-state index in [0.717, 1.165) is 6.07 Å². The molecular formula is C11H12F3N3O. The number of halogens is 3. The lowest BCUT2D eigenvalue weighted by Crippen LogP contribution is -2.24. The molecule has 1 amide bonds. The third-order valence-electron chi connectivity index (χ3n) is 2.34. The molecule has 0 saturated carbocycles. The van der Waals surface area contributed by atoms with E-state index in [1.165, 1.54) is 19.9 Å². The molecule has 0 aromatic heterocycles. The van der Waals surface area contributed by atoms with Crippen LogP contribution in [0.2, 0.25) is 0 Å². The topological polar surface area (TPSA) is 81.5 Å². The minimum Gasteiger partial charge on any atom is -0.370 e. The molecule has 0 aliphatic rings. The van der Waals surface area contributed by atoms with Gasteiger partial charge in [-0.3, -0.25) is 4.79 Å². The standard InChI is InChI=1S/C11H12F3N3O/c1-5-3-6(2)8(11(12,13)14)4-7(5)9(18)17-10(15)16/h3-4H,1-2H3,(H4,15,16,17,18). The fourth-order valence-corrected chi connectivity index (χ4v) is 1.57. The number of aryl methyl sites for hydroxylation is 2. The Bertz CT molecular complexity index is 517. The molecule has 0 spiro atoms. The Kier molecular flexibility index (Phi) is 3.64. The van der Waals surface area contributed by atoms with Crippen LogP contribution in [0.5, 0.6) is 0 Å². The van der Waals surface area contributed by atoms with Gasteiger partial charge in [0.25, 0.3) is 5.91 Å². The first-order chi connectivity index (χ1) is 8.12. The van der Waals surface area contributed by atoms with E-state index in [0.29, 0.717) is 5.56 Å². The van der Waals surface area contributed by atoms with Crippen LogP contribution < -0.4 is 11.5 Å². The van der Waals surface area contributed by atoms with Crippen LogP contribution >= 0.6 is 0 Å². The molecule has 1 rings (SSSR count). The second kappa shape index (κ2) is 4.67. The highest BCUT2D eigenvalue weighted by Crippen LogP contribution is 2.33. The van der Waals surface area contributed by atoms with Crippen LogP contribution in [0.1, 0.15) is 27.0 Å². The predicted molar refractivity (Wildman–Crippen MR) is 61.1 cm³/mol. The molecule has 0 aliphatic carbocycles. The van der Waals surface area contributed by atoms with Gasteiger partial charge in [0.05, 0.1) is 5.56 Å². The van der Waals surface area contributed by atoms with Crippen molar-refractivity contribution in [3.05, 3.63) is 34.4 Å². The molecule has 4 nitrogen and oxygen atoms in total. The average Bonchev–Trinajstić information content (AvgIpc) is 2.13. The maximum atomic E-state index is 12.7. The molecular weight excluding hydrogens is 247 g/mol. The van der Waals surface area contributed by atoms with Crippen molar-refractivity contribution in [1.82, 2.24) is 0 Å². The number of nitrogens with two attached hydrogens (primary N) is 2. The lowest BCUT2D eigenvalue weighted by molar-refractivity contribution is -0.138. The summed E-state index contributed by atoms with van der Waals surface area (Å²) < 4.78 is 38.1. The van der Waals surface area contributed by atoms with Crippen LogP contribution in [-0.2, 0) is 6.18 Å². The van der Waals surface area contributed by atoms with Crippen LogP contribution in [0.25, 0.3) is 0 Å². The summed E-state index contributed by atoms with van der Waals surface area (Å²) in [4.78, 5) is 14.8. The summed E-state index contributed by atoms with van der Waals surface area (Å²) in [5.41, 5.74) is 9.43.